The molecule has 2 nitrogen and oxygen atoms in total. The van der Waals surface area contributed by atoms with Gasteiger partial charge in [0.15, 0.2) is 0 Å². The van der Waals surface area contributed by atoms with Crippen LogP contribution in [0.2, 0.25) is 0 Å². The Labute approximate surface area is 315 Å². The Morgan fingerprint density at radius 3 is 1.68 bits per heavy atom. The van der Waals surface area contributed by atoms with Crippen molar-refractivity contribution < 1.29 is 4.74 Å². The number of ether oxygens (including phenoxy) is 1. The summed E-state index contributed by atoms with van der Waals surface area (Å²) in [5, 5.41) is 2.60. The number of fused-ring (bicyclic) bond motifs is 7. The highest BCUT2D eigenvalue weighted by Gasteiger charge is 2.42. The molecule has 0 saturated heterocycles. The van der Waals surface area contributed by atoms with E-state index in [4.69, 9.17) is 4.74 Å². The molecule has 0 spiro atoms. The van der Waals surface area contributed by atoms with E-state index in [1.54, 1.807) is 0 Å². The zero-order valence-electron chi connectivity index (χ0n) is 33.5. The van der Waals surface area contributed by atoms with E-state index in [-0.39, 0.29) is 17.5 Å². The van der Waals surface area contributed by atoms with Gasteiger partial charge in [-0.15, -0.1) is 0 Å². The third-order valence-electron chi connectivity index (χ3n) is 12.1. The van der Waals surface area contributed by atoms with Crippen LogP contribution in [0.5, 0.6) is 11.5 Å². The van der Waals surface area contributed by atoms with Gasteiger partial charge in [0.1, 0.15) is 11.5 Å². The van der Waals surface area contributed by atoms with Crippen LogP contribution < -0.4 is 21.1 Å². The fourth-order valence-corrected chi connectivity index (χ4v) is 9.75. The van der Waals surface area contributed by atoms with Gasteiger partial charge in [-0.2, -0.15) is 0 Å². The van der Waals surface area contributed by atoms with E-state index >= 15 is 0 Å². The molecule has 3 heterocycles. The predicted molar refractivity (Wildman–Crippen MR) is 229 cm³/mol. The number of benzene rings is 6. The van der Waals surface area contributed by atoms with E-state index in [9.17, 15) is 0 Å². The van der Waals surface area contributed by atoms with Gasteiger partial charge in [-0.1, -0.05) is 101 Å². The van der Waals surface area contributed by atoms with Crippen LogP contribution in [0.25, 0.3) is 49.7 Å². The van der Waals surface area contributed by atoms with Gasteiger partial charge in [0, 0.05) is 22.0 Å². The minimum atomic E-state index is -0.0573. The molecule has 3 heteroatoms. The van der Waals surface area contributed by atoms with Gasteiger partial charge in [0.2, 0.25) is 0 Å². The minimum absolute atomic E-state index is 0.00954. The molecule has 0 unspecified atom stereocenters. The van der Waals surface area contributed by atoms with Crippen molar-refractivity contribution in [2.24, 2.45) is 0 Å². The van der Waals surface area contributed by atoms with Gasteiger partial charge in [-0.25, -0.2) is 0 Å². The Kier molecular flexibility index (Phi) is 7.17. The van der Waals surface area contributed by atoms with Gasteiger partial charge in [0.05, 0.1) is 5.52 Å². The fraction of sp³-hybridized carbons (Fsp3) is 0.280. The summed E-state index contributed by atoms with van der Waals surface area (Å²) < 4.78 is 9.63. The summed E-state index contributed by atoms with van der Waals surface area (Å²) in [4.78, 5) is 0. The van der Waals surface area contributed by atoms with Crippen LogP contribution in [-0.2, 0) is 10.8 Å². The second kappa shape index (κ2) is 11.2. The second-order valence-corrected chi connectivity index (χ2v) is 18.3. The number of nitrogens with zero attached hydrogens (tertiary/aromatic N) is 1. The minimum Gasteiger partial charge on any atom is -0.458 e. The summed E-state index contributed by atoms with van der Waals surface area (Å²) in [5.41, 5.74) is 23.3. The Morgan fingerprint density at radius 1 is 0.509 bits per heavy atom. The van der Waals surface area contributed by atoms with E-state index in [0.29, 0.717) is 0 Å². The monoisotopic (exact) mass is 691 g/mol. The highest BCUT2D eigenvalue weighted by atomic mass is 16.5. The Bertz CT molecular complexity index is 2680. The van der Waals surface area contributed by atoms with Crippen LogP contribution in [0.3, 0.4) is 0 Å². The molecule has 2 aliphatic heterocycles. The van der Waals surface area contributed by atoms with E-state index in [0.717, 1.165) is 11.5 Å². The lowest BCUT2D eigenvalue weighted by molar-refractivity contribution is 0.479. The highest BCUT2D eigenvalue weighted by Crippen LogP contribution is 2.43. The van der Waals surface area contributed by atoms with Crippen LogP contribution >= 0.6 is 0 Å². The second-order valence-electron chi connectivity index (χ2n) is 18.3. The van der Waals surface area contributed by atoms with E-state index < -0.39 is 0 Å². The van der Waals surface area contributed by atoms with Crippen LogP contribution in [0, 0.1) is 41.5 Å². The molecule has 9 rings (SSSR count). The van der Waals surface area contributed by atoms with Crippen molar-refractivity contribution in [3.8, 4) is 39.4 Å². The Hall–Kier alpha value is -5.02. The topological polar surface area (TPSA) is 14.2 Å². The first kappa shape index (κ1) is 33.8. The Balaban J connectivity index is 1.45. The number of hydrogen-bond acceptors (Lipinski definition) is 1. The first-order chi connectivity index (χ1) is 25.0. The van der Waals surface area contributed by atoms with E-state index in [1.165, 1.54) is 111 Å². The van der Waals surface area contributed by atoms with Gasteiger partial charge < -0.3 is 9.30 Å². The SMILES string of the molecule is Cc1cc(C)c(-c2ccc3c(c2)c2cc(-c4c(C)cc(C)cc4C)cc4c2n3-c2cc(C(C)(C)C)cc3c2B4c2ccc(C(C)(C)C)cc2O3)c(C)c1. The maximum atomic E-state index is 7.06. The summed E-state index contributed by atoms with van der Waals surface area (Å²) in [6.07, 6.45) is 0. The number of aromatic nitrogens is 1. The number of hydrogen-bond donors (Lipinski definition) is 0. The van der Waals surface area contributed by atoms with Gasteiger partial charge in [-0.3, -0.25) is 0 Å². The van der Waals surface area contributed by atoms with Gasteiger partial charge in [0.25, 0.3) is 6.71 Å². The molecular weight excluding hydrogens is 641 g/mol. The van der Waals surface area contributed by atoms with Crippen molar-refractivity contribution in [2.75, 3.05) is 0 Å². The first-order valence-electron chi connectivity index (χ1n) is 19.3. The van der Waals surface area contributed by atoms with E-state index in [1.807, 2.05) is 0 Å². The summed E-state index contributed by atoms with van der Waals surface area (Å²) in [6, 6.07) is 33.3. The molecule has 53 heavy (non-hydrogen) atoms. The first-order valence-corrected chi connectivity index (χ1v) is 19.3. The summed E-state index contributed by atoms with van der Waals surface area (Å²) >= 11 is 0. The third kappa shape index (κ3) is 5.07. The van der Waals surface area contributed by atoms with Gasteiger partial charge in [-0.05, 0) is 161 Å². The zero-order chi connectivity index (χ0) is 37.5. The molecule has 264 valence electrons. The molecule has 0 N–H and O–H groups in total. The molecule has 0 bridgehead atoms. The molecule has 1 aromatic heterocycles. The average molecular weight is 692 g/mol. The standard InChI is InChI=1S/C50H50BNO/c1-27-17-29(3)45(30(4)18-27)33-13-16-41-37(21-33)38-22-34(46-31(5)19-28(2)20-32(46)6)23-40-48(38)52(41)42-24-36(50(10,11)12)26-44-47(42)51(40)39-15-14-35(49(7,8)9)25-43(39)53-44/h13-26H,1-12H3. The molecule has 0 radical (unpaired) electrons. The van der Waals surface area contributed by atoms with Crippen LogP contribution in [0.15, 0.2) is 84.9 Å². The smallest absolute Gasteiger partial charge is 0.256 e. The summed E-state index contributed by atoms with van der Waals surface area (Å²) in [5.74, 6) is 1.96. The van der Waals surface area contributed by atoms with Crippen molar-refractivity contribution >= 4 is 44.9 Å². The summed E-state index contributed by atoms with van der Waals surface area (Å²) in [6.45, 7) is 27.3. The molecule has 0 fully saturated rings. The lowest BCUT2D eigenvalue weighted by atomic mass is 9.34. The van der Waals surface area contributed by atoms with Crippen molar-refractivity contribution in [3.63, 3.8) is 0 Å². The molecule has 2 aliphatic rings. The van der Waals surface area contributed by atoms with Crippen molar-refractivity contribution in [2.45, 2.75) is 93.9 Å². The van der Waals surface area contributed by atoms with Crippen molar-refractivity contribution in [1.82, 2.24) is 4.57 Å². The maximum absolute atomic E-state index is 7.06. The lowest BCUT2D eigenvalue weighted by Gasteiger charge is -2.36. The molecule has 0 atom stereocenters. The van der Waals surface area contributed by atoms with Crippen molar-refractivity contribution in [3.05, 3.63) is 129 Å². The maximum Gasteiger partial charge on any atom is 0.256 e. The molecule has 7 aromatic rings. The zero-order valence-corrected chi connectivity index (χ0v) is 33.5. The van der Waals surface area contributed by atoms with Crippen molar-refractivity contribution in [1.29, 1.82) is 0 Å². The summed E-state index contributed by atoms with van der Waals surface area (Å²) in [7, 11) is 0. The van der Waals surface area contributed by atoms with Crippen LogP contribution in [-0.4, -0.2) is 11.3 Å². The number of rotatable bonds is 2. The largest absolute Gasteiger partial charge is 0.458 e. The van der Waals surface area contributed by atoms with Crippen LogP contribution in [0.1, 0.15) is 86.1 Å². The lowest BCUT2D eigenvalue weighted by Crippen LogP contribution is -2.58. The fourth-order valence-electron chi connectivity index (χ4n) is 9.75. The molecule has 6 aromatic carbocycles. The van der Waals surface area contributed by atoms with E-state index in [2.05, 4.69) is 173 Å². The predicted octanol–water partition coefficient (Wildman–Crippen LogP) is 11.5. The van der Waals surface area contributed by atoms with Gasteiger partial charge >= 0.3 is 0 Å². The molecule has 0 amide bonds. The molecular formula is C50H50BNO. The Morgan fingerprint density at radius 2 is 1.08 bits per heavy atom. The quantitative estimate of drug-likeness (QED) is 0.165. The number of aryl methyl sites for hydroxylation is 6. The highest BCUT2D eigenvalue weighted by molar-refractivity contribution is 6.99. The molecule has 0 aliphatic carbocycles. The molecule has 0 saturated carbocycles. The normalized spacial score (nSPS) is 13.4. The third-order valence-corrected chi connectivity index (χ3v) is 12.1. The van der Waals surface area contributed by atoms with Crippen LogP contribution in [0.4, 0.5) is 0 Å². The average Bonchev–Trinajstić information content (AvgIpc) is 3.38.